The summed E-state index contributed by atoms with van der Waals surface area (Å²) in [6, 6.07) is 8.20. The molecule has 1 aromatic carbocycles. The fourth-order valence-corrected chi connectivity index (χ4v) is 3.40. The molecule has 0 unspecified atom stereocenters. The van der Waals surface area contributed by atoms with E-state index in [0.717, 1.165) is 41.0 Å². The summed E-state index contributed by atoms with van der Waals surface area (Å²) >= 11 is 0. The molecule has 5 amide bonds. The maximum absolute atomic E-state index is 12.4. The van der Waals surface area contributed by atoms with Crippen LogP contribution in [0.1, 0.15) is 44.2 Å². The largest absolute Gasteiger partial charge is 0.348 e. The molecule has 132 valence electrons. The van der Waals surface area contributed by atoms with E-state index in [-0.39, 0.29) is 12.1 Å². The Hall–Kier alpha value is -2.70. The van der Waals surface area contributed by atoms with E-state index in [2.05, 4.69) is 5.32 Å². The van der Waals surface area contributed by atoms with Crippen molar-refractivity contribution in [3.05, 3.63) is 35.9 Å². The lowest BCUT2D eigenvalue weighted by atomic mass is 10.1. The highest BCUT2D eigenvalue weighted by Gasteiger charge is 2.48. The van der Waals surface area contributed by atoms with Crippen molar-refractivity contribution < 1.29 is 19.2 Å². The summed E-state index contributed by atoms with van der Waals surface area (Å²) in [7, 11) is 0. The summed E-state index contributed by atoms with van der Waals surface area (Å²) in [5.74, 6) is -2.21. The van der Waals surface area contributed by atoms with E-state index < -0.39 is 30.3 Å². The summed E-state index contributed by atoms with van der Waals surface area (Å²) in [5.41, 5.74) is 0.915. The smallest absolute Gasteiger partial charge is 0.334 e. The van der Waals surface area contributed by atoms with Gasteiger partial charge in [-0.15, -0.1) is 0 Å². The number of carbonyl (C=O) groups is 4. The van der Waals surface area contributed by atoms with Crippen molar-refractivity contribution >= 4 is 23.8 Å². The number of carbonyl (C=O) groups excluding carboxylic acids is 4. The third kappa shape index (κ3) is 3.40. The molecule has 3 rings (SSSR count). The molecule has 1 saturated carbocycles. The van der Waals surface area contributed by atoms with Gasteiger partial charge in [0.15, 0.2) is 0 Å². The SMILES string of the molecule is C[C@@H](NC(=O)CN1C(=O)C(=O)N(C2CCCC2)C1=O)c1ccccc1. The van der Waals surface area contributed by atoms with Crippen molar-refractivity contribution in [1.82, 2.24) is 15.1 Å². The van der Waals surface area contributed by atoms with Crippen LogP contribution in [-0.2, 0) is 14.4 Å². The van der Waals surface area contributed by atoms with E-state index >= 15 is 0 Å². The summed E-state index contributed by atoms with van der Waals surface area (Å²) in [6.07, 6.45) is 3.31. The van der Waals surface area contributed by atoms with Crippen molar-refractivity contribution in [3.8, 4) is 0 Å². The number of benzene rings is 1. The van der Waals surface area contributed by atoms with Crippen LogP contribution in [-0.4, -0.2) is 46.1 Å². The molecule has 0 radical (unpaired) electrons. The van der Waals surface area contributed by atoms with Crippen LogP contribution in [0.2, 0.25) is 0 Å². The van der Waals surface area contributed by atoms with Gasteiger partial charge < -0.3 is 5.32 Å². The third-order valence-corrected chi connectivity index (χ3v) is 4.75. The number of nitrogens with zero attached hydrogens (tertiary/aromatic N) is 2. The Balaban J connectivity index is 1.63. The highest BCUT2D eigenvalue weighted by atomic mass is 16.2. The Morgan fingerprint density at radius 2 is 1.76 bits per heavy atom. The average molecular weight is 343 g/mol. The van der Waals surface area contributed by atoms with E-state index in [9.17, 15) is 19.2 Å². The van der Waals surface area contributed by atoms with Gasteiger partial charge in [0.05, 0.1) is 6.04 Å². The molecule has 0 bridgehead atoms. The second-order valence-corrected chi connectivity index (χ2v) is 6.49. The Morgan fingerprint density at radius 3 is 2.40 bits per heavy atom. The predicted octanol–water partition coefficient (Wildman–Crippen LogP) is 1.60. The van der Waals surface area contributed by atoms with Crippen molar-refractivity contribution in [2.24, 2.45) is 0 Å². The topological polar surface area (TPSA) is 86.8 Å². The Kier molecular flexibility index (Phi) is 4.83. The molecule has 1 aliphatic carbocycles. The fraction of sp³-hybridized carbons (Fsp3) is 0.444. The molecule has 0 aromatic heterocycles. The van der Waals surface area contributed by atoms with Crippen LogP contribution in [0.3, 0.4) is 0 Å². The van der Waals surface area contributed by atoms with Crippen LogP contribution in [0.15, 0.2) is 30.3 Å². The molecule has 1 heterocycles. The normalized spacial score (nSPS) is 19.6. The van der Waals surface area contributed by atoms with Crippen LogP contribution in [0.5, 0.6) is 0 Å². The number of nitrogens with one attached hydrogen (secondary N) is 1. The zero-order valence-corrected chi connectivity index (χ0v) is 14.1. The van der Waals surface area contributed by atoms with E-state index in [1.165, 1.54) is 0 Å². The molecule has 7 nitrogen and oxygen atoms in total. The second kappa shape index (κ2) is 7.04. The summed E-state index contributed by atoms with van der Waals surface area (Å²) in [4.78, 5) is 50.7. The Labute approximate surface area is 146 Å². The monoisotopic (exact) mass is 343 g/mol. The number of urea groups is 1. The first-order valence-electron chi connectivity index (χ1n) is 8.52. The minimum absolute atomic E-state index is 0.222. The standard InChI is InChI=1S/C18H21N3O4/c1-12(13-7-3-2-4-8-13)19-15(22)11-20-16(23)17(24)21(18(20)25)14-9-5-6-10-14/h2-4,7-8,12,14H,5-6,9-11H2,1H3,(H,19,22)/t12-/m1/s1. The van der Waals surface area contributed by atoms with Crippen molar-refractivity contribution in [3.63, 3.8) is 0 Å². The molecule has 1 N–H and O–H groups in total. The molecule has 2 aliphatic rings. The Morgan fingerprint density at radius 1 is 1.12 bits per heavy atom. The molecule has 0 spiro atoms. The molecular formula is C18H21N3O4. The highest BCUT2D eigenvalue weighted by molar-refractivity contribution is 6.45. The van der Waals surface area contributed by atoms with Crippen LogP contribution in [0, 0.1) is 0 Å². The summed E-state index contributed by atoms with van der Waals surface area (Å²) in [5, 5.41) is 2.75. The third-order valence-electron chi connectivity index (χ3n) is 4.75. The number of hydrogen-bond donors (Lipinski definition) is 1. The first-order chi connectivity index (χ1) is 12.0. The van der Waals surface area contributed by atoms with Gasteiger partial charge in [-0.05, 0) is 25.3 Å². The molecule has 1 aliphatic heterocycles. The first-order valence-corrected chi connectivity index (χ1v) is 8.52. The maximum atomic E-state index is 12.4. The lowest BCUT2D eigenvalue weighted by molar-refractivity contribution is -0.144. The molecule has 25 heavy (non-hydrogen) atoms. The van der Waals surface area contributed by atoms with Gasteiger partial charge in [-0.1, -0.05) is 43.2 Å². The zero-order chi connectivity index (χ0) is 18.0. The molecule has 1 atom stereocenters. The van der Waals surface area contributed by atoms with Crippen LogP contribution in [0.4, 0.5) is 4.79 Å². The van der Waals surface area contributed by atoms with Crippen LogP contribution < -0.4 is 5.32 Å². The van der Waals surface area contributed by atoms with Crippen molar-refractivity contribution in [1.29, 1.82) is 0 Å². The van der Waals surface area contributed by atoms with Gasteiger partial charge in [0.1, 0.15) is 6.54 Å². The minimum Gasteiger partial charge on any atom is -0.348 e. The van der Waals surface area contributed by atoms with Crippen molar-refractivity contribution in [2.75, 3.05) is 6.54 Å². The minimum atomic E-state index is -0.917. The van der Waals surface area contributed by atoms with Gasteiger partial charge in [0.25, 0.3) is 0 Å². The second-order valence-electron chi connectivity index (χ2n) is 6.49. The Bertz CT molecular complexity index is 698. The maximum Gasteiger partial charge on any atom is 0.334 e. The molecule has 1 saturated heterocycles. The van der Waals surface area contributed by atoms with Crippen LogP contribution in [0.25, 0.3) is 0 Å². The van der Waals surface area contributed by atoms with Crippen molar-refractivity contribution in [2.45, 2.75) is 44.7 Å². The van der Waals surface area contributed by atoms with Gasteiger partial charge in [-0.25, -0.2) is 9.69 Å². The fourth-order valence-electron chi connectivity index (χ4n) is 3.40. The van der Waals surface area contributed by atoms with E-state index in [1.54, 1.807) is 0 Å². The first kappa shape index (κ1) is 17.1. The predicted molar refractivity (Wildman–Crippen MR) is 89.2 cm³/mol. The highest BCUT2D eigenvalue weighted by Crippen LogP contribution is 2.27. The van der Waals surface area contributed by atoms with Crippen LogP contribution >= 0.6 is 0 Å². The number of imide groups is 2. The number of rotatable bonds is 5. The number of hydrogen-bond acceptors (Lipinski definition) is 4. The lowest BCUT2D eigenvalue weighted by Gasteiger charge is -2.21. The number of amides is 5. The van der Waals surface area contributed by atoms with Gasteiger partial charge in [-0.3, -0.25) is 19.3 Å². The van der Waals surface area contributed by atoms with Gasteiger partial charge in [-0.2, -0.15) is 0 Å². The zero-order valence-electron chi connectivity index (χ0n) is 14.1. The molecule has 2 fully saturated rings. The molecule has 7 heteroatoms. The van der Waals surface area contributed by atoms with E-state index in [4.69, 9.17) is 0 Å². The average Bonchev–Trinajstić information content (AvgIpc) is 3.19. The quantitative estimate of drug-likeness (QED) is 0.650. The van der Waals surface area contributed by atoms with Gasteiger partial charge in [0.2, 0.25) is 5.91 Å². The lowest BCUT2D eigenvalue weighted by Crippen LogP contribution is -2.43. The van der Waals surface area contributed by atoms with Gasteiger partial charge in [0, 0.05) is 6.04 Å². The summed E-state index contributed by atoms with van der Waals surface area (Å²) < 4.78 is 0. The van der Waals surface area contributed by atoms with E-state index in [1.807, 2.05) is 37.3 Å². The molecular weight excluding hydrogens is 322 g/mol. The molecule has 1 aromatic rings. The summed E-state index contributed by atoms with van der Waals surface area (Å²) in [6.45, 7) is 1.38. The van der Waals surface area contributed by atoms with E-state index in [0.29, 0.717) is 0 Å². The van der Waals surface area contributed by atoms with Gasteiger partial charge >= 0.3 is 17.8 Å².